The summed E-state index contributed by atoms with van der Waals surface area (Å²) in [5.74, 6) is 0.316. The van der Waals surface area contributed by atoms with Crippen LogP contribution < -0.4 is 10.1 Å². The Labute approximate surface area is 161 Å². The number of thioether (sulfide) groups is 1. The van der Waals surface area contributed by atoms with E-state index in [0.717, 1.165) is 16.9 Å². The van der Waals surface area contributed by atoms with Crippen LogP contribution >= 0.6 is 11.8 Å². The van der Waals surface area contributed by atoms with Crippen molar-refractivity contribution >= 4 is 29.1 Å². The van der Waals surface area contributed by atoms with E-state index in [9.17, 15) is 9.18 Å². The van der Waals surface area contributed by atoms with Gasteiger partial charge in [0.05, 0.1) is 17.6 Å². The van der Waals surface area contributed by atoms with Crippen LogP contribution in [0.25, 0.3) is 0 Å². The Bertz CT molecular complexity index is 866. The Morgan fingerprint density at radius 2 is 1.96 bits per heavy atom. The monoisotopic (exact) mass is 385 g/mol. The van der Waals surface area contributed by atoms with Crippen molar-refractivity contribution in [3.8, 4) is 5.75 Å². The van der Waals surface area contributed by atoms with Gasteiger partial charge in [0.1, 0.15) is 11.6 Å². The van der Waals surface area contributed by atoms with E-state index in [2.05, 4.69) is 15.5 Å². The number of rotatable bonds is 6. The predicted octanol–water partition coefficient (Wildman–Crippen LogP) is 3.78. The molecule has 1 aliphatic heterocycles. The molecule has 0 saturated carbocycles. The highest BCUT2D eigenvalue weighted by atomic mass is 32.2. The van der Waals surface area contributed by atoms with Crippen molar-refractivity contribution < 1.29 is 13.9 Å². The molecule has 140 valence electrons. The first-order chi connectivity index (χ1) is 13.0. The average Bonchev–Trinajstić information content (AvgIpc) is 2.97. The molecule has 1 saturated heterocycles. The smallest absolute Gasteiger partial charge is 0.239 e. The second-order valence-electron chi connectivity index (χ2n) is 6.28. The molecular formula is C20H20FN3O2S. The number of carbonyl (C=O) groups excluding carboxylic acids is 1. The zero-order valence-electron chi connectivity index (χ0n) is 15.1. The number of nitrogens with zero attached hydrogens (tertiary/aromatic N) is 2. The molecule has 0 spiro atoms. The highest BCUT2D eigenvalue weighted by molar-refractivity contribution is 8.15. The van der Waals surface area contributed by atoms with Crippen LogP contribution in [0.15, 0.2) is 58.7 Å². The number of hydrogen-bond donors (Lipinski definition) is 1. The van der Waals surface area contributed by atoms with Crippen molar-refractivity contribution in [2.75, 3.05) is 0 Å². The molecule has 1 fully saturated rings. The number of amides is 1. The maximum Gasteiger partial charge on any atom is 0.239 e. The van der Waals surface area contributed by atoms with Gasteiger partial charge in [-0.05, 0) is 50.1 Å². The van der Waals surface area contributed by atoms with Gasteiger partial charge in [-0.1, -0.05) is 36.0 Å². The molecular weight excluding hydrogens is 365 g/mol. The van der Waals surface area contributed by atoms with Gasteiger partial charge in [-0.3, -0.25) is 4.79 Å². The van der Waals surface area contributed by atoms with Crippen LogP contribution in [0, 0.1) is 5.82 Å². The maximum atomic E-state index is 13.0. The number of hydrogen-bond acceptors (Lipinski definition) is 5. The van der Waals surface area contributed by atoms with Gasteiger partial charge < -0.3 is 10.1 Å². The first-order valence-corrected chi connectivity index (χ1v) is 9.48. The van der Waals surface area contributed by atoms with Gasteiger partial charge in [-0.15, -0.1) is 5.10 Å². The lowest BCUT2D eigenvalue weighted by Crippen LogP contribution is -2.25. The van der Waals surface area contributed by atoms with E-state index in [1.54, 1.807) is 18.3 Å². The minimum Gasteiger partial charge on any atom is -0.490 e. The zero-order valence-corrected chi connectivity index (χ0v) is 15.9. The van der Waals surface area contributed by atoms with E-state index in [1.807, 2.05) is 38.1 Å². The Hall–Kier alpha value is -2.67. The van der Waals surface area contributed by atoms with Crippen LogP contribution in [-0.2, 0) is 11.2 Å². The number of benzene rings is 2. The van der Waals surface area contributed by atoms with Crippen LogP contribution in [0.4, 0.5) is 4.39 Å². The molecule has 0 aromatic heterocycles. The van der Waals surface area contributed by atoms with Gasteiger partial charge in [0.25, 0.3) is 0 Å². The lowest BCUT2D eigenvalue weighted by atomic mass is 10.1. The third-order valence-electron chi connectivity index (χ3n) is 3.74. The van der Waals surface area contributed by atoms with Gasteiger partial charge in [-0.25, -0.2) is 4.39 Å². The Morgan fingerprint density at radius 3 is 2.70 bits per heavy atom. The van der Waals surface area contributed by atoms with E-state index >= 15 is 0 Å². The lowest BCUT2D eigenvalue weighted by Gasteiger charge is -2.11. The molecule has 0 radical (unpaired) electrons. The predicted molar refractivity (Wildman–Crippen MR) is 107 cm³/mol. The van der Waals surface area contributed by atoms with Crippen LogP contribution in [0.2, 0.25) is 0 Å². The highest BCUT2D eigenvalue weighted by Gasteiger charge is 2.30. The fraction of sp³-hybridized carbons (Fsp3) is 0.250. The van der Waals surface area contributed by atoms with Gasteiger partial charge in [-0.2, -0.15) is 5.10 Å². The minimum absolute atomic E-state index is 0.0581. The van der Waals surface area contributed by atoms with E-state index in [1.165, 1.54) is 23.9 Å². The molecule has 0 unspecified atom stereocenters. The summed E-state index contributed by atoms with van der Waals surface area (Å²) in [7, 11) is 0. The summed E-state index contributed by atoms with van der Waals surface area (Å²) in [6, 6.07) is 13.7. The molecule has 0 bridgehead atoms. The highest BCUT2D eigenvalue weighted by Crippen LogP contribution is 2.23. The standard InChI is InChI=1S/C20H20FN3O2S/c1-13(2)26-17-6-4-3-5-15(17)12-22-24-20-23-19(25)18(27-20)11-14-7-9-16(21)10-8-14/h3-10,12-13,18H,11H2,1-2H3,(H,23,24,25)/b22-12-/t18-/m1/s1. The summed E-state index contributed by atoms with van der Waals surface area (Å²) in [6.45, 7) is 3.92. The minimum atomic E-state index is -0.305. The Balaban J connectivity index is 1.64. The summed E-state index contributed by atoms with van der Waals surface area (Å²) in [5.41, 5.74) is 1.71. The lowest BCUT2D eigenvalue weighted by molar-refractivity contribution is -0.118. The number of ether oxygens (including phenoxy) is 1. The molecule has 7 heteroatoms. The first-order valence-electron chi connectivity index (χ1n) is 8.60. The molecule has 27 heavy (non-hydrogen) atoms. The van der Waals surface area contributed by atoms with E-state index in [-0.39, 0.29) is 23.1 Å². The molecule has 2 aromatic carbocycles. The van der Waals surface area contributed by atoms with Crippen molar-refractivity contribution in [1.29, 1.82) is 0 Å². The van der Waals surface area contributed by atoms with Crippen molar-refractivity contribution in [2.24, 2.45) is 10.2 Å². The van der Waals surface area contributed by atoms with E-state index in [0.29, 0.717) is 11.6 Å². The summed E-state index contributed by atoms with van der Waals surface area (Å²) < 4.78 is 18.7. The number of carbonyl (C=O) groups is 1. The SMILES string of the molecule is CC(C)Oc1ccccc1/C=N\N=C1\NC(=O)[C@@H](Cc2ccc(F)cc2)S1. The molecule has 5 nitrogen and oxygen atoms in total. The zero-order chi connectivity index (χ0) is 19.2. The first kappa shape index (κ1) is 19.1. The summed E-state index contributed by atoms with van der Waals surface area (Å²) in [6.07, 6.45) is 2.16. The van der Waals surface area contributed by atoms with Crippen molar-refractivity contribution in [1.82, 2.24) is 5.32 Å². The molecule has 1 atom stereocenters. The average molecular weight is 385 g/mol. The number of nitrogens with one attached hydrogen (secondary N) is 1. The van der Waals surface area contributed by atoms with E-state index in [4.69, 9.17) is 4.74 Å². The molecule has 1 amide bonds. The van der Waals surface area contributed by atoms with Crippen molar-refractivity contribution in [2.45, 2.75) is 31.6 Å². The summed E-state index contributed by atoms with van der Waals surface area (Å²) in [5, 5.41) is 11.0. The summed E-state index contributed by atoms with van der Waals surface area (Å²) >= 11 is 1.32. The number of amidine groups is 1. The normalized spacial score (nSPS) is 18.4. The number of para-hydroxylation sites is 1. The number of halogens is 1. The third kappa shape index (κ3) is 5.40. The quantitative estimate of drug-likeness (QED) is 0.608. The second-order valence-corrected chi connectivity index (χ2v) is 7.47. The van der Waals surface area contributed by atoms with Crippen LogP contribution in [0.3, 0.4) is 0 Å². The molecule has 1 heterocycles. The Morgan fingerprint density at radius 1 is 1.22 bits per heavy atom. The van der Waals surface area contributed by atoms with Crippen LogP contribution in [0.1, 0.15) is 25.0 Å². The second kappa shape index (κ2) is 8.81. The molecule has 0 aliphatic carbocycles. The molecule has 1 aliphatic rings. The van der Waals surface area contributed by atoms with E-state index < -0.39 is 0 Å². The van der Waals surface area contributed by atoms with Crippen molar-refractivity contribution in [3.05, 3.63) is 65.5 Å². The van der Waals surface area contributed by atoms with Gasteiger partial charge >= 0.3 is 0 Å². The fourth-order valence-electron chi connectivity index (χ4n) is 2.51. The van der Waals surface area contributed by atoms with Gasteiger partial charge in [0.2, 0.25) is 5.91 Å². The summed E-state index contributed by atoms with van der Waals surface area (Å²) in [4.78, 5) is 12.1. The van der Waals surface area contributed by atoms with Gasteiger partial charge in [0, 0.05) is 5.56 Å². The van der Waals surface area contributed by atoms with Crippen LogP contribution in [0.5, 0.6) is 5.75 Å². The maximum absolute atomic E-state index is 13.0. The largest absolute Gasteiger partial charge is 0.490 e. The Kier molecular flexibility index (Phi) is 6.24. The van der Waals surface area contributed by atoms with Crippen LogP contribution in [-0.4, -0.2) is 28.6 Å². The topological polar surface area (TPSA) is 63.1 Å². The third-order valence-corrected chi connectivity index (χ3v) is 4.81. The fourth-order valence-corrected chi connectivity index (χ4v) is 3.48. The van der Waals surface area contributed by atoms with Gasteiger partial charge in [0.15, 0.2) is 5.17 Å². The molecule has 3 rings (SSSR count). The molecule has 2 aromatic rings. The van der Waals surface area contributed by atoms with Crippen molar-refractivity contribution in [3.63, 3.8) is 0 Å². The molecule has 1 N–H and O–H groups in total.